The molecule has 5 nitrogen and oxygen atoms in total. The average Bonchev–Trinajstić information content (AvgIpc) is 2.80. The van der Waals surface area contributed by atoms with Crippen LogP contribution in [0.5, 0.6) is 0 Å². The van der Waals surface area contributed by atoms with E-state index in [4.69, 9.17) is 0 Å². The maximum atomic E-state index is 11.5. The van der Waals surface area contributed by atoms with E-state index >= 15 is 0 Å². The highest BCUT2D eigenvalue weighted by molar-refractivity contribution is 14.0. The van der Waals surface area contributed by atoms with Gasteiger partial charge in [-0.2, -0.15) is 0 Å². The molecule has 1 fully saturated rings. The number of allylic oxidation sites excluding steroid dienone is 2. The van der Waals surface area contributed by atoms with Crippen LogP contribution in [0.25, 0.3) is 0 Å². The maximum Gasteiger partial charge on any atom is 0.193 e. The number of rotatable bonds is 4. The fourth-order valence-corrected chi connectivity index (χ4v) is 5.01. The number of sulfone groups is 1. The molecule has 1 N–H and O–H groups in total. The van der Waals surface area contributed by atoms with Gasteiger partial charge in [0, 0.05) is 27.2 Å². The number of halogens is 1. The number of nitrogens with zero attached hydrogens (tertiary/aromatic N) is 2. The predicted octanol–water partition coefficient (Wildman–Crippen LogP) is 1.90. The van der Waals surface area contributed by atoms with Gasteiger partial charge in [-0.25, -0.2) is 8.42 Å². The molecule has 22 heavy (non-hydrogen) atoms. The van der Waals surface area contributed by atoms with Crippen LogP contribution in [-0.4, -0.2) is 58.0 Å². The Labute approximate surface area is 151 Å². The minimum absolute atomic E-state index is 0. The van der Waals surface area contributed by atoms with E-state index in [0.717, 1.165) is 25.3 Å². The normalized spacial score (nSPS) is 27.3. The molecule has 0 spiro atoms. The molecule has 0 aromatic carbocycles. The molecule has 0 amide bonds. The first-order valence-corrected chi connectivity index (χ1v) is 9.59. The highest BCUT2D eigenvalue weighted by Crippen LogP contribution is 2.19. The summed E-state index contributed by atoms with van der Waals surface area (Å²) in [6.07, 6.45) is 8.83. The minimum Gasteiger partial charge on any atom is -0.356 e. The third-order valence-electron chi connectivity index (χ3n) is 4.36. The van der Waals surface area contributed by atoms with Crippen LogP contribution in [0.2, 0.25) is 0 Å². The fraction of sp³-hybridized carbons (Fsp3) is 0.800. The molecular weight excluding hydrogens is 413 g/mol. The van der Waals surface area contributed by atoms with Crippen LogP contribution in [0, 0.1) is 11.8 Å². The van der Waals surface area contributed by atoms with Gasteiger partial charge in [-0.05, 0) is 37.5 Å². The van der Waals surface area contributed by atoms with E-state index in [2.05, 4.69) is 34.4 Å². The first kappa shape index (κ1) is 19.7. The van der Waals surface area contributed by atoms with Crippen molar-refractivity contribution in [2.45, 2.75) is 25.7 Å². The second kappa shape index (κ2) is 9.10. The molecule has 2 rings (SSSR count). The van der Waals surface area contributed by atoms with Gasteiger partial charge in [0.25, 0.3) is 0 Å². The lowest BCUT2D eigenvalue weighted by molar-refractivity contribution is 0.350. The number of hydrogen-bond donors (Lipinski definition) is 1. The van der Waals surface area contributed by atoms with Crippen LogP contribution in [0.3, 0.4) is 0 Å². The van der Waals surface area contributed by atoms with E-state index in [1.54, 1.807) is 7.05 Å². The average molecular weight is 441 g/mol. The van der Waals surface area contributed by atoms with Gasteiger partial charge in [0.15, 0.2) is 15.8 Å². The van der Waals surface area contributed by atoms with Gasteiger partial charge in [-0.3, -0.25) is 4.99 Å². The standard InChI is InChI=1S/C15H27N3O2S.HI/c1-16-15(17-10-14-8-9-21(19,20)12-14)18(2)11-13-6-4-3-5-7-13;/h3-4,13-14H,5-12H2,1-2H3,(H,16,17);1H. The Morgan fingerprint density at radius 3 is 2.64 bits per heavy atom. The lowest BCUT2D eigenvalue weighted by atomic mass is 9.94. The first-order chi connectivity index (χ1) is 10.00. The van der Waals surface area contributed by atoms with E-state index in [1.807, 2.05) is 0 Å². The van der Waals surface area contributed by atoms with Crippen LogP contribution < -0.4 is 5.32 Å². The lowest BCUT2D eigenvalue weighted by Crippen LogP contribution is -2.43. The molecule has 1 saturated heterocycles. The Bertz CT molecular complexity index is 505. The molecule has 2 unspecified atom stereocenters. The van der Waals surface area contributed by atoms with Crippen molar-refractivity contribution in [3.8, 4) is 0 Å². The highest BCUT2D eigenvalue weighted by atomic mass is 127. The van der Waals surface area contributed by atoms with Gasteiger partial charge in [0.1, 0.15) is 0 Å². The summed E-state index contributed by atoms with van der Waals surface area (Å²) >= 11 is 0. The van der Waals surface area contributed by atoms with Crippen LogP contribution in [0.4, 0.5) is 0 Å². The molecule has 2 atom stereocenters. The Hall–Kier alpha value is -0.310. The zero-order valence-corrected chi connectivity index (χ0v) is 16.6. The van der Waals surface area contributed by atoms with E-state index in [1.165, 1.54) is 12.8 Å². The minimum atomic E-state index is -2.79. The van der Waals surface area contributed by atoms with E-state index in [9.17, 15) is 8.42 Å². The summed E-state index contributed by atoms with van der Waals surface area (Å²) in [6.45, 7) is 1.69. The Balaban J connectivity index is 0.00000242. The van der Waals surface area contributed by atoms with Crippen LogP contribution >= 0.6 is 24.0 Å². The number of hydrogen-bond acceptors (Lipinski definition) is 3. The predicted molar refractivity (Wildman–Crippen MR) is 103 cm³/mol. The summed E-state index contributed by atoms with van der Waals surface area (Å²) in [5, 5.41) is 3.33. The monoisotopic (exact) mass is 441 g/mol. The lowest BCUT2D eigenvalue weighted by Gasteiger charge is -2.28. The van der Waals surface area contributed by atoms with Gasteiger partial charge in [-0.1, -0.05) is 12.2 Å². The molecule has 0 bridgehead atoms. The fourth-order valence-electron chi connectivity index (χ4n) is 3.15. The van der Waals surface area contributed by atoms with Crippen molar-refractivity contribution < 1.29 is 8.42 Å². The second-order valence-electron chi connectivity index (χ2n) is 6.23. The van der Waals surface area contributed by atoms with Gasteiger partial charge < -0.3 is 10.2 Å². The van der Waals surface area contributed by atoms with E-state index in [0.29, 0.717) is 24.0 Å². The maximum absolute atomic E-state index is 11.5. The van der Waals surface area contributed by atoms with Crippen molar-refractivity contribution in [2.75, 3.05) is 38.7 Å². The van der Waals surface area contributed by atoms with Crippen LogP contribution in [-0.2, 0) is 9.84 Å². The molecule has 1 aliphatic carbocycles. The van der Waals surface area contributed by atoms with E-state index < -0.39 is 9.84 Å². The molecule has 7 heteroatoms. The smallest absolute Gasteiger partial charge is 0.193 e. The van der Waals surface area contributed by atoms with Gasteiger partial charge in [-0.15, -0.1) is 24.0 Å². The zero-order chi connectivity index (χ0) is 15.3. The molecular formula is C15H28IN3O2S. The summed E-state index contributed by atoms with van der Waals surface area (Å²) in [5.41, 5.74) is 0. The van der Waals surface area contributed by atoms with Crippen molar-refractivity contribution in [3.05, 3.63) is 12.2 Å². The molecule has 1 heterocycles. The quantitative estimate of drug-likeness (QED) is 0.313. The Kier molecular flexibility index (Phi) is 8.16. The van der Waals surface area contributed by atoms with Gasteiger partial charge in [0.05, 0.1) is 11.5 Å². The third kappa shape index (κ3) is 6.06. The van der Waals surface area contributed by atoms with Crippen molar-refractivity contribution in [3.63, 3.8) is 0 Å². The number of nitrogens with one attached hydrogen (secondary N) is 1. The zero-order valence-electron chi connectivity index (χ0n) is 13.5. The molecule has 128 valence electrons. The Morgan fingerprint density at radius 1 is 1.32 bits per heavy atom. The molecule has 1 aliphatic heterocycles. The van der Waals surface area contributed by atoms with Crippen LogP contribution in [0.1, 0.15) is 25.7 Å². The summed E-state index contributed by atoms with van der Waals surface area (Å²) in [4.78, 5) is 6.47. The van der Waals surface area contributed by atoms with Crippen molar-refractivity contribution in [2.24, 2.45) is 16.8 Å². The van der Waals surface area contributed by atoms with Gasteiger partial charge in [0.2, 0.25) is 0 Å². The summed E-state index contributed by atoms with van der Waals surface area (Å²) in [7, 11) is 1.04. The van der Waals surface area contributed by atoms with E-state index in [-0.39, 0.29) is 29.9 Å². The topological polar surface area (TPSA) is 61.8 Å². The van der Waals surface area contributed by atoms with Crippen molar-refractivity contribution in [1.29, 1.82) is 0 Å². The summed E-state index contributed by atoms with van der Waals surface area (Å²) < 4.78 is 23.0. The third-order valence-corrected chi connectivity index (χ3v) is 6.20. The van der Waals surface area contributed by atoms with Crippen LogP contribution in [0.15, 0.2) is 17.1 Å². The van der Waals surface area contributed by atoms with Gasteiger partial charge >= 0.3 is 0 Å². The van der Waals surface area contributed by atoms with Crippen molar-refractivity contribution >= 4 is 39.8 Å². The highest BCUT2D eigenvalue weighted by Gasteiger charge is 2.28. The number of guanidine groups is 1. The summed E-state index contributed by atoms with van der Waals surface area (Å²) in [6, 6.07) is 0. The first-order valence-electron chi connectivity index (χ1n) is 7.77. The summed E-state index contributed by atoms with van der Waals surface area (Å²) in [5.74, 6) is 2.42. The second-order valence-corrected chi connectivity index (χ2v) is 8.46. The molecule has 0 radical (unpaired) electrons. The molecule has 0 aromatic rings. The van der Waals surface area contributed by atoms with Crippen molar-refractivity contribution in [1.82, 2.24) is 10.2 Å². The SMILES string of the molecule is CN=C(NCC1CCS(=O)(=O)C1)N(C)CC1CC=CCC1.I. The molecule has 0 saturated carbocycles. The molecule has 0 aromatic heterocycles. The largest absolute Gasteiger partial charge is 0.356 e. The molecule has 2 aliphatic rings. The Morgan fingerprint density at radius 2 is 2.09 bits per heavy atom. The number of aliphatic imine (C=N–C) groups is 1.